The third-order valence-corrected chi connectivity index (χ3v) is 3.03. The standard InChI is InChI=1S/C15H13N3O/c1-19-12-4-2-3-11(7-12)14-8-10-5-6-17-9-13(10)15(16)18-14/h2-9H,1H3,(H2,16,18). The van der Waals surface area contributed by atoms with Gasteiger partial charge in [-0.2, -0.15) is 0 Å². The SMILES string of the molecule is COc1cccc(-c2cc3ccncc3c(N)n2)c1. The quantitative estimate of drug-likeness (QED) is 0.760. The Morgan fingerprint density at radius 1 is 1.16 bits per heavy atom. The molecule has 0 aliphatic carbocycles. The van der Waals surface area contributed by atoms with Crippen molar-refractivity contribution in [1.29, 1.82) is 0 Å². The monoisotopic (exact) mass is 251 g/mol. The minimum absolute atomic E-state index is 0.489. The Morgan fingerprint density at radius 2 is 2.05 bits per heavy atom. The van der Waals surface area contributed by atoms with Gasteiger partial charge < -0.3 is 10.5 Å². The van der Waals surface area contributed by atoms with Gasteiger partial charge in [-0.3, -0.25) is 4.98 Å². The van der Waals surface area contributed by atoms with E-state index < -0.39 is 0 Å². The molecule has 2 N–H and O–H groups in total. The molecule has 94 valence electrons. The van der Waals surface area contributed by atoms with E-state index in [1.54, 1.807) is 19.5 Å². The molecule has 0 saturated carbocycles. The van der Waals surface area contributed by atoms with Gasteiger partial charge in [-0.05, 0) is 29.7 Å². The Kier molecular flexibility index (Phi) is 2.76. The molecule has 2 aromatic heterocycles. The van der Waals surface area contributed by atoms with Crippen LogP contribution >= 0.6 is 0 Å². The molecular weight excluding hydrogens is 238 g/mol. The number of pyridine rings is 2. The molecule has 0 fully saturated rings. The van der Waals surface area contributed by atoms with Gasteiger partial charge in [-0.25, -0.2) is 4.98 Å². The zero-order valence-corrected chi connectivity index (χ0v) is 10.5. The maximum Gasteiger partial charge on any atom is 0.133 e. The van der Waals surface area contributed by atoms with E-state index in [1.807, 2.05) is 36.4 Å². The number of aromatic nitrogens is 2. The highest BCUT2D eigenvalue weighted by molar-refractivity contribution is 5.92. The van der Waals surface area contributed by atoms with Crippen LogP contribution in [0.4, 0.5) is 5.82 Å². The molecule has 3 rings (SSSR count). The van der Waals surface area contributed by atoms with Crippen LogP contribution in [0.25, 0.3) is 22.0 Å². The lowest BCUT2D eigenvalue weighted by molar-refractivity contribution is 0.415. The Bertz CT molecular complexity index is 740. The van der Waals surface area contributed by atoms with Crippen molar-refractivity contribution in [1.82, 2.24) is 9.97 Å². The summed E-state index contributed by atoms with van der Waals surface area (Å²) in [6.45, 7) is 0. The van der Waals surface area contributed by atoms with Gasteiger partial charge >= 0.3 is 0 Å². The number of methoxy groups -OCH3 is 1. The molecule has 2 heterocycles. The van der Waals surface area contributed by atoms with Crippen LogP contribution in [-0.2, 0) is 0 Å². The second-order valence-corrected chi connectivity index (χ2v) is 4.22. The summed E-state index contributed by atoms with van der Waals surface area (Å²) in [4.78, 5) is 8.49. The van der Waals surface area contributed by atoms with Crippen LogP contribution in [0.3, 0.4) is 0 Å². The Hall–Kier alpha value is -2.62. The first-order valence-electron chi connectivity index (χ1n) is 5.92. The second-order valence-electron chi connectivity index (χ2n) is 4.22. The first kappa shape index (κ1) is 11.5. The zero-order valence-electron chi connectivity index (χ0n) is 10.5. The predicted octanol–water partition coefficient (Wildman–Crippen LogP) is 2.89. The average Bonchev–Trinajstić information content (AvgIpc) is 2.47. The van der Waals surface area contributed by atoms with Gasteiger partial charge in [0.15, 0.2) is 0 Å². The number of hydrogen-bond acceptors (Lipinski definition) is 4. The van der Waals surface area contributed by atoms with Gasteiger partial charge in [0.25, 0.3) is 0 Å². The van der Waals surface area contributed by atoms with Crippen LogP contribution in [-0.4, -0.2) is 17.1 Å². The average molecular weight is 251 g/mol. The third kappa shape index (κ3) is 2.08. The number of nitrogens with two attached hydrogens (primary N) is 1. The van der Waals surface area contributed by atoms with E-state index in [0.29, 0.717) is 5.82 Å². The molecule has 0 bridgehead atoms. The van der Waals surface area contributed by atoms with Crippen molar-refractivity contribution in [3.63, 3.8) is 0 Å². The first-order chi connectivity index (χ1) is 9.28. The summed E-state index contributed by atoms with van der Waals surface area (Å²) in [6, 6.07) is 11.7. The molecule has 0 atom stereocenters. The lowest BCUT2D eigenvalue weighted by Gasteiger charge is -2.07. The van der Waals surface area contributed by atoms with Crippen molar-refractivity contribution in [2.75, 3.05) is 12.8 Å². The molecule has 0 radical (unpaired) electrons. The molecular formula is C15H13N3O. The molecule has 0 aliphatic rings. The number of fused-ring (bicyclic) bond motifs is 1. The summed E-state index contributed by atoms with van der Waals surface area (Å²) in [5, 5.41) is 1.90. The maximum absolute atomic E-state index is 5.98. The fourth-order valence-corrected chi connectivity index (χ4v) is 2.04. The van der Waals surface area contributed by atoms with Crippen LogP contribution in [0.15, 0.2) is 48.8 Å². The fraction of sp³-hybridized carbons (Fsp3) is 0.0667. The highest BCUT2D eigenvalue weighted by atomic mass is 16.5. The smallest absolute Gasteiger partial charge is 0.133 e. The van der Waals surface area contributed by atoms with E-state index in [0.717, 1.165) is 27.8 Å². The van der Waals surface area contributed by atoms with Crippen molar-refractivity contribution >= 4 is 16.6 Å². The summed E-state index contributed by atoms with van der Waals surface area (Å²) in [6.07, 6.45) is 3.48. The van der Waals surface area contributed by atoms with Crippen molar-refractivity contribution in [2.24, 2.45) is 0 Å². The summed E-state index contributed by atoms with van der Waals surface area (Å²) >= 11 is 0. The Labute approximate surface area is 110 Å². The van der Waals surface area contributed by atoms with Gasteiger partial charge in [0.1, 0.15) is 11.6 Å². The summed E-state index contributed by atoms with van der Waals surface area (Å²) in [5.74, 6) is 1.29. The van der Waals surface area contributed by atoms with Crippen LogP contribution in [0.1, 0.15) is 0 Å². The molecule has 1 aromatic carbocycles. The van der Waals surface area contributed by atoms with Gasteiger partial charge in [-0.15, -0.1) is 0 Å². The van der Waals surface area contributed by atoms with Crippen molar-refractivity contribution in [3.05, 3.63) is 48.8 Å². The van der Waals surface area contributed by atoms with E-state index in [1.165, 1.54) is 0 Å². The minimum atomic E-state index is 0.489. The number of anilines is 1. The normalized spacial score (nSPS) is 10.6. The molecule has 0 unspecified atom stereocenters. The lowest BCUT2D eigenvalue weighted by Crippen LogP contribution is -1.95. The first-order valence-corrected chi connectivity index (χ1v) is 5.92. The number of ether oxygens (including phenoxy) is 1. The molecule has 0 aliphatic heterocycles. The molecule has 4 nitrogen and oxygen atoms in total. The molecule has 0 spiro atoms. The van der Waals surface area contributed by atoms with Crippen molar-refractivity contribution in [2.45, 2.75) is 0 Å². The fourth-order valence-electron chi connectivity index (χ4n) is 2.04. The topological polar surface area (TPSA) is 61.0 Å². The maximum atomic E-state index is 5.98. The van der Waals surface area contributed by atoms with E-state index in [2.05, 4.69) is 9.97 Å². The molecule has 0 saturated heterocycles. The minimum Gasteiger partial charge on any atom is -0.497 e. The van der Waals surface area contributed by atoms with E-state index in [4.69, 9.17) is 10.5 Å². The lowest BCUT2D eigenvalue weighted by atomic mass is 10.1. The zero-order chi connectivity index (χ0) is 13.2. The number of hydrogen-bond donors (Lipinski definition) is 1. The highest BCUT2D eigenvalue weighted by Gasteiger charge is 2.06. The van der Waals surface area contributed by atoms with E-state index in [9.17, 15) is 0 Å². The summed E-state index contributed by atoms with van der Waals surface area (Å²) in [5.41, 5.74) is 7.79. The molecule has 19 heavy (non-hydrogen) atoms. The van der Waals surface area contributed by atoms with Crippen LogP contribution in [0, 0.1) is 0 Å². The number of nitrogens with zero attached hydrogens (tertiary/aromatic N) is 2. The summed E-state index contributed by atoms with van der Waals surface area (Å²) in [7, 11) is 1.65. The van der Waals surface area contributed by atoms with Gasteiger partial charge in [0, 0.05) is 23.3 Å². The Morgan fingerprint density at radius 3 is 2.89 bits per heavy atom. The van der Waals surface area contributed by atoms with E-state index in [-0.39, 0.29) is 0 Å². The van der Waals surface area contributed by atoms with Crippen LogP contribution < -0.4 is 10.5 Å². The van der Waals surface area contributed by atoms with E-state index >= 15 is 0 Å². The molecule has 4 heteroatoms. The molecule has 3 aromatic rings. The Balaban J connectivity index is 2.19. The van der Waals surface area contributed by atoms with Crippen LogP contribution in [0.2, 0.25) is 0 Å². The van der Waals surface area contributed by atoms with Crippen molar-refractivity contribution < 1.29 is 4.74 Å². The predicted molar refractivity (Wildman–Crippen MR) is 75.9 cm³/mol. The van der Waals surface area contributed by atoms with Crippen LogP contribution in [0.5, 0.6) is 5.75 Å². The van der Waals surface area contributed by atoms with Gasteiger partial charge in [0.2, 0.25) is 0 Å². The number of rotatable bonds is 2. The largest absolute Gasteiger partial charge is 0.497 e. The van der Waals surface area contributed by atoms with Gasteiger partial charge in [0.05, 0.1) is 12.8 Å². The second kappa shape index (κ2) is 4.57. The summed E-state index contributed by atoms with van der Waals surface area (Å²) < 4.78 is 5.23. The number of nitrogen functional groups attached to an aromatic ring is 1. The molecule has 0 amide bonds. The number of benzene rings is 1. The van der Waals surface area contributed by atoms with Gasteiger partial charge in [-0.1, -0.05) is 12.1 Å². The van der Waals surface area contributed by atoms with Crippen molar-refractivity contribution in [3.8, 4) is 17.0 Å². The third-order valence-electron chi connectivity index (χ3n) is 3.03. The highest BCUT2D eigenvalue weighted by Crippen LogP contribution is 2.27.